The van der Waals surface area contributed by atoms with Crippen LogP contribution >= 0.6 is 0 Å². The zero-order valence-corrected chi connectivity index (χ0v) is 11.4. The molecule has 6 nitrogen and oxygen atoms in total. The largest absolute Gasteiger partial charge is 0.478 e. The fraction of sp³-hybridized carbons (Fsp3) is 0.133. The van der Waals surface area contributed by atoms with Gasteiger partial charge in [-0.1, -0.05) is 6.07 Å². The van der Waals surface area contributed by atoms with Crippen molar-refractivity contribution in [3.8, 4) is 0 Å². The van der Waals surface area contributed by atoms with Crippen molar-refractivity contribution in [1.29, 1.82) is 0 Å². The lowest BCUT2D eigenvalue weighted by Crippen LogP contribution is -2.26. The Morgan fingerprint density at radius 3 is 2.43 bits per heavy atom. The molecular weight excluding hydrogens is 272 g/mol. The number of benzene rings is 1. The minimum Gasteiger partial charge on any atom is -0.478 e. The highest BCUT2D eigenvalue weighted by molar-refractivity contribution is 5.92. The van der Waals surface area contributed by atoms with E-state index in [1.807, 2.05) is 6.92 Å². The van der Waals surface area contributed by atoms with Gasteiger partial charge in [-0.3, -0.25) is 9.59 Å². The average molecular weight is 286 g/mol. The zero-order chi connectivity index (χ0) is 15.4. The predicted octanol–water partition coefficient (Wildman–Crippen LogP) is 1.49. The summed E-state index contributed by atoms with van der Waals surface area (Å²) < 4.78 is 1.32. The molecule has 0 aliphatic rings. The van der Waals surface area contributed by atoms with E-state index in [0.29, 0.717) is 5.69 Å². The van der Waals surface area contributed by atoms with Gasteiger partial charge in [-0.2, -0.15) is 0 Å². The summed E-state index contributed by atoms with van der Waals surface area (Å²) in [4.78, 5) is 34.2. The molecule has 0 saturated heterocycles. The van der Waals surface area contributed by atoms with Crippen molar-refractivity contribution in [3.05, 3.63) is 64.1 Å². The molecule has 2 N–H and O–H groups in total. The number of amides is 1. The van der Waals surface area contributed by atoms with Crippen molar-refractivity contribution in [2.75, 3.05) is 5.32 Å². The average Bonchev–Trinajstić information content (AvgIpc) is 2.43. The number of hydrogen-bond donors (Lipinski definition) is 2. The molecule has 0 spiro atoms. The number of anilines is 1. The van der Waals surface area contributed by atoms with Gasteiger partial charge in [-0.15, -0.1) is 0 Å². The second-order valence-electron chi connectivity index (χ2n) is 4.60. The Morgan fingerprint density at radius 1 is 1.14 bits per heavy atom. The molecule has 0 unspecified atom stereocenters. The molecule has 1 aromatic carbocycles. The van der Waals surface area contributed by atoms with E-state index in [-0.39, 0.29) is 23.6 Å². The van der Waals surface area contributed by atoms with E-state index in [0.717, 1.165) is 5.56 Å². The highest BCUT2D eigenvalue weighted by Gasteiger charge is 2.06. The van der Waals surface area contributed by atoms with Gasteiger partial charge in [0.15, 0.2) is 0 Å². The summed E-state index contributed by atoms with van der Waals surface area (Å²) in [6.45, 7) is 1.74. The van der Waals surface area contributed by atoms with Crippen LogP contribution in [0, 0.1) is 6.92 Å². The first-order valence-corrected chi connectivity index (χ1v) is 6.26. The van der Waals surface area contributed by atoms with Crippen LogP contribution in [0.25, 0.3) is 0 Å². The second-order valence-corrected chi connectivity index (χ2v) is 4.60. The van der Waals surface area contributed by atoms with Gasteiger partial charge in [0.05, 0.1) is 5.56 Å². The number of aromatic nitrogens is 1. The maximum Gasteiger partial charge on any atom is 0.335 e. The first-order valence-electron chi connectivity index (χ1n) is 6.26. The van der Waals surface area contributed by atoms with E-state index in [1.165, 1.54) is 34.9 Å². The standard InChI is InChI=1S/C15H14N2O4/c1-10-2-7-14(19)17(8-10)9-13(18)16-12-5-3-11(4-6-12)15(20)21/h2-8H,9H2,1H3,(H,16,18)(H,20,21). The minimum atomic E-state index is -1.03. The molecule has 0 bridgehead atoms. The lowest BCUT2D eigenvalue weighted by molar-refractivity contribution is -0.116. The van der Waals surface area contributed by atoms with Gasteiger partial charge < -0.3 is 15.0 Å². The monoisotopic (exact) mass is 286 g/mol. The predicted molar refractivity (Wildman–Crippen MR) is 77.5 cm³/mol. The van der Waals surface area contributed by atoms with Crippen LogP contribution in [-0.4, -0.2) is 21.6 Å². The SMILES string of the molecule is Cc1ccc(=O)n(CC(=O)Nc2ccc(C(=O)O)cc2)c1. The van der Waals surface area contributed by atoms with E-state index < -0.39 is 5.97 Å². The first kappa shape index (κ1) is 14.5. The Labute approximate surface area is 120 Å². The highest BCUT2D eigenvalue weighted by atomic mass is 16.4. The fourth-order valence-corrected chi connectivity index (χ4v) is 1.83. The maximum absolute atomic E-state index is 11.9. The van der Waals surface area contributed by atoms with Gasteiger partial charge in [0, 0.05) is 18.0 Å². The normalized spacial score (nSPS) is 10.1. The molecule has 6 heteroatoms. The third-order valence-corrected chi connectivity index (χ3v) is 2.86. The van der Waals surface area contributed by atoms with Crippen molar-refractivity contribution in [2.24, 2.45) is 0 Å². The molecule has 2 aromatic rings. The van der Waals surface area contributed by atoms with E-state index in [9.17, 15) is 14.4 Å². The van der Waals surface area contributed by atoms with E-state index in [1.54, 1.807) is 12.3 Å². The number of carbonyl (C=O) groups is 2. The first-order chi connectivity index (χ1) is 9.95. The number of carbonyl (C=O) groups excluding carboxylic acids is 1. The minimum absolute atomic E-state index is 0.0960. The van der Waals surface area contributed by atoms with Gasteiger partial charge in [-0.05, 0) is 36.8 Å². The number of aromatic carboxylic acids is 1. The summed E-state index contributed by atoms with van der Waals surface area (Å²) >= 11 is 0. The number of nitrogens with zero attached hydrogens (tertiary/aromatic N) is 1. The third-order valence-electron chi connectivity index (χ3n) is 2.86. The quantitative estimate of drug-likeness (QED) is 0.891. The number of carboxylic acids is 1. The number of nitrogens with one attached hydrogen (secondary N) is 1. The van der Waals surface area contributed by atoms with Gasteiger partial charge in [0.1, 0.15) is 6.54 Å². The number of carboxylic acid groups (broad SMARTS) is 1. The van der Waals surface area contributed by atoms with Crippen LogP contribution in [0.2, 0.25) is 0 Å². The molecule has 0 radical (unpaired) electrons. The van der Waals surface area contributed by atoms with E-state index in [2.05, 4.69) is 5.32 Å². The van der Waals surface area contributed by atoms with Crippen molar-refractivity contribution in [1.82, 2.24) is 4.57 Å². The Morgan fingerprint density at radius 2 is 1.81 bits per heavy atom. The molecule has 0 saturated carbocycles. The van der Waals surface area contributed by atoms with Crippen LogP contribution < -0.4 is 10.9 Å². The second kappa shape index (κ2) is 6.04. The van der Waals surface area contributed by atoms with Gasteiger partial charge in [0.25, 0.3) is 5.56 Å². The van der Waals surface area contributed by atoms with Gasteiger partial charge in [0.2, 0.25) is 5.91 Å². The third kappa shape index (κ3) is 3.79. The Balaban J connectivity index is 2.06. The van der Waals surface area contributed by atoms with Crippen LogP contribution in [0.3, 0.4) is 0 Å². The number of rotatable bonds is 4. The van der Waals surface area contributed by atoms with Crippen molar-refractivity contribution >= 4 is 17.6 Å². The van der Waals surface area contributed by atoms with Gasteiger partial charge in [-0.25, -0.2) is 4.79 Å². The van der Waals surface area contributed by atoms with Crippen LogP contribution in [0.1, 0.15) is 15.9 Å². The lowest BCUT2D eigenvalue weighted by atomic mass is 10.2. The van der Waals surface area contributed by atoms with Crippen molar-refractivity contribution in [3.63, 3.8) is 0 Å². The number of aryl methyl sites for hydroxylation is 1. The summed E-state index contributed by atoms with van der Waals surface area (Å²) in [5.74, 6) is -1.38. The van der Waals surface area contributed by atoms with Crippen LogP contribution in [0.15, 0.2) is 47.4 Å². The molecule has 2 rings (SSSR count). The highest BCUT2D eigenvalue weighted by Crippen LogP contribution is 2.09. The molecule has 0 aliphatic carbocycles. The number of pyridine rings is 1. The molecule has 1 heterocycles. The lowest BCUT2D eigenvalue weighted by Gasteiger charge is -2.08. The molecule has 108 valence electrons. The summed E-state index contributed by atoms with van der Waals surface area (Å²) in [5, 5.41) is 11.4. The topological polar surface area (TPSA) is 88.4 Å². The van der Waals surface area contributed by atoms with Crippen LogP contribution in [0.4, 0.5) is 5.69 Å². The fourth-order valence-electron chi connectivity index (χ4n) is 1.83. The maximum atomic E-state index is 11.9. The summed E-state index contributed by atoms with van der Waals surface area (Å²) in [5.41, 5.74) is 1.25. The van der Waals surface area contributed by atoms with Crippen LogP contribution in [-0.2, 0) is 11.3 Å². The summed E-state index contributed by atoms with van der Waals surface area (Å²) in [7, 11) is 0. The summed E-state index contributed by atoms with van der Waals surface area (Å²) in [6, 6.07) is 8.89. The molecule has 1 aromatic heterocycles. The number of hydrogen-bond acceptors (Lipinski definition) is 3. The van der Waals surface area contributed by atoms with Gasteiger partial charge >= 0.3 is 5.97 Å². The van der Waals surface area contributed by atoms with Crippen molar-refractivity contribution < 1.29 is 14.7 Å². The molecule has 0 fully saturated rings. The molecular formula is C15H14N2O4. The molecule has 0 aliphatic heterocycles. The summed E-state index contributed by atoms with van der Waals surface area (Å²) in [6.07, 6.45) is 1.61. The smallest absolute Gasteiger partial charge is 0.335 e. The Kier molecular flexibility index (Phi) is 4.18. The molecule has 1 amide bonds. The Hall–Kier alpha value is -2.89. The van der Waals surface area contributed by atoms with E-state index >= 15 is 0 Å². The molecule has 21 heavy (non-hydrogen) atoms. The van der Waals surface area contributed by atoms with Crippen LogP contribution in [0.5, 0.6) is 0 Å². The zero-order valence-electron chi connectivity index (χ0n) is 11.4. The molecule has 0 atom stereocenters. The Bertz CT molecular complexity index is 732. The van der Waals surface area contributed by atoms with E-state index in [4.69, 9.17) is 5.11 Å². The van der Waals surface area contributed by atoms with Crippen molar-refractivity contribution in [2.45, 2.75) is 13.5 Å².